The van der Waals surface area contributed by atoms with Crippen LogP contribution < -0.4 is 21.3 Å². The number of carbonyl (C=O) groups excluding carboxylic acids is 1. The Kier molecular flexibility index (Phi) is 6.63. The quantitative estimate of drug-likeness (QED) is 0.397. The van der Waals surface area contributed by atoms with Gasteiger partial charge in [-0.15, -0.1) is 0 Å². The van der Waals surface area contributed by atoms with Gasteiger partial charge in [0.05, 0.1) is 15.8 Å². The SMILES string of the molecule is Cn1c(=O)c2cc(S(=O)(=O)N[C@H](Cc3ccccc3)C(=O)Nc3ccccn3)ccc2n(C)c1=O. The highest BCUT2D eigenvalue weighted by Gasteiger charge is 2.27. The third-order valence-electron chi connectivity index (χ3n) is 5.56. The summed E-state index contributed by atoms with van der Waals surface area (Å²) in [6, 6.07) is 16.7. The number of amides is 1. The predicted octanol–water partition coefficient (Wildman–Crippen LogP) is 1.16. The number of hydrogen-bond donors (Lipinski definition) is 2. The molecular formula is C24H23N5O5S. The van der Waals surface area contributed by atoms with Gasteiger partial charge in [0, 0.05) is 20.3 Å². The lowest BCUT2D eigenvalue weighted by molar-refractivity contribution is -0.117. The van der Waals surface area contributed by atoms with Crippen molar-refractivity contribution in [2.24, 2.45) is 14.1 Å². The van der Waals surface area contributed by atoms with Crippen LogP contribution in [0.5, 0.6) is 0 Å². The van der Waals surface area contributed by atoms with Crippen LogP contribution in [0.2, 0.25) is 0 Å². The highest BCUT2D eigenvalue weighted by atomic mass is 32.2. The van der Waals surface area contributed by atoms with Crippen molar-refractivity contribution in [3.05, 3.63) is 99.3 Å². The number of pyridine rings is 1. The molecule has 180 valence electrons. The normalized spacial score (nSPS) is 12.4. The largest absolute Gasteiger partial charge is 0.330 e. The summed E-state index contributed by atoms with van der Waals surface area (Å²) in [6.45, 7) is 0. The zero-order valence-electron chi connectivity index (χ0n) is 19.0. The monoisotopic (exact) mass is 493 g/mol. The number of nitrogens with zero attached hydrogens (tertiary/aromatic N) is 3. The molecule has 0 fully saturated rings. The van der Waals surface area contributed by atoms with Gasteiger partial charge in [0.2, 0.25) is 15.9 Å². The lowest BCUT2D eigenvalue weighted by atomic mass is 10.1. The summed E-state index contributed by atoms with van der Waals surface area (Å²) >= 11 is 0. The van der Waals surface area contributed by atoms with Gasteiger partial charge in [-0.1, -0.05) is 36.4 Å². The van der Waals surface area contributed by atoms with E-state index in [1.165, 1.54) is 43.1 Å². The number of aryl methyl sites for hydroxylation is 1. The van der Waals surface area contributed by atoms with E-state index in [2.05, 4.69) is 15.0 Å². The second-order valence-electron chi connectivity index (χ2n) is 7.95. The summed E-state index contributed by atoms with van der Waals surface area (Å²) in [5.41, 5.74) is -0.0937. The van der Waals surface area contributed by atoms with E-state index >= 15 is 0 Å². The molecule has 0 unspecified atom stereocenters. The molecule has 2 aromatic heterocycles. The van der Waals surface area contributed by atoms with Crippen LogP contribution in [0, 0.1) is 0 Å². The first-order valence-electron chi connectivity index (χ1n) is 10.7. The van der Waals surface area contributed by atoms with Crippen molar-refractivity contribution < 1.29 is 13.2 Å². The molecule has 4 aromatic rings. The Morgan fingerprint density at radius 1 is 0.971 bits per heavy atom. The van der Waals surface area contributed by atoms with Crippen molar-refractivity contribution in [1.82, 2.24) is 18.8 Å². The van der Waals surface area contributed by atoms with Gasteiger partial charge in [-0.25, -0.2) is 18.2 Å². The summed E-state index contributed by atoms with van der Waals surface area (Å²) in [5.74, 6) is -0.305. The molecule has 2 aromatic carbocycles. The van der Waals surface area contributed by atoms with E-state index in [1.54, 1.807) is 42.5 Å². The molecule has 0 spiro atoms. The van der Waals surface area contributed by atoms with Crippen molar-refractivity contribution >= 4 is 32.7 Å². The number of anilines is 1. The first-order valence-corrected chi connectivity index (χ1v) is 12.1. The fourth-order valence-corrected chi connectivity index (χ4v) is 4.91. The molecule has 0 radical (unpaired) electrons. The van der Waals surface area contributed by atoms with Gasteiger partial charge in [0.1, 0.15) is 11.9 Å². The van der Waals surface area contributed by atoms with Crippen molar-refractivity contribution in [2.45, 2.75) is 17.4 Å². The predicted molar refractivity (Wildman–Crippen MR) is 132 cm³/mol. The number of nitrogens with one attached hydrogen (secondary N) is 2. The molecule has 0 aliphatic carbocycles. The third-order valence-corrected chi connectivity index (χ3v) is 7.03. The Morgan fingerprint density at radius 2 is 1.69 bits per heavy atom. The molecule has 10 nitrogen and oxygen atoms in total. The minimum absolute atomic E-state index is 0.0648. The molecule has 0 bridgehead atoms. The molecule has 4 rings (SSSR count). The maximum absolute atomic E-state index is 13.3. The molecule has 0 aliphatic rings. The molecule has 2 heterocycles. The van der Waals surface area contributed by atoms with Crippen LogP contribution in [0.15, 0.2) is 87.4 Å². The van der Waals surface area contributed by atoms with Crippen LogP contribution in [0.4, 0.5) is 5.82 Å². The average molecular weight is 494 g/mol. The van der Waals surface area contributed by atoms with Crippen LogP contribution in [0.25, 0.3) is 10.9 Å². The first-order chi connectivity index (χ1) is 16.7. The number of aromatic nitrogens is 3. The fourth-order valence-electron chi connectivity index (χ4n) is 3.68. The molecule has 11 heteroatoms. The summed E-state index contributed by atoms with van der Waals surface area (Å²) in [6.07, 6.45) is 1.59. The Hall–Kier alpha value is -4.09. The molecule has 0 saturated heterocycles. The van der Waals surface area contributed by atoms with E-state index in [1.807, 2.05) is 6.07 Å². The van der Waals surface area contributed by atoms with E-state index in [0.29, 0.717) is 5.52 Å². The molecule has 1 atom stereocenters. The van der Waals surface area contributed by atoms with Crippen molar-refractivity contribution in [2.75, 3.05) is 5.32 Å². The Bertz CT molecular complexity index is 1610. The smallest absolute Gasteiger partial charge is 0.309 e. The summed E-state index contributed by atoms with van der Waals surface area (Å²) in [7, 11) is -1.41. The first kappa shape index (κ1) is 24.0. The minimum atomic E-state index is -4.23. The number of rotatable bonds is 7. The molecule has 0 saturated carbocycles. The Morgan fingerprint density at radius 3 is 2.37 bits per heavy atom. The lowest BCUT2D eigenvalue weighted by Gasteiger charge is -2.19. The van der Waals surface area contributed by atoms with Gasteiger partial charge in [-0.3, -0.25) is 18.7 Å². The minimum Gasteiger partial charge on any atom is -0.309 e. The molecular weight excluding hydrogens is 470 g/mol. The zero-order chi connectivity index (χ0) is 25.2. The summed E-state index contributed by atoms with van der Waals surface area (Å²) in [4.78, 5) is 41.7. The summed E-state index contributed by atoms with van der Waals surface area (Å²) < 4.78 is 31.2. The van der Waals surface area contributed by atoms with Crippen molar-refractivity contribution in [1.29, 1.82) is 0 Å². The highest BCUT2D eigenvalue weighted by Crippen LogP contribution is 2.17. The number of benzene rings is 2. The lowest BCUT2D eigenvalue weighted by Crippen LogP contribution is -2.45. The summed E-state index contributed by atoms with van der Waals surface area (Å²) in [5, 5.41) is 2.69. The highest BCUT2D eigenvalue weighted by molar-refractivity contribution is 7.89. The third kappa shape index (κ3) is 5.05. The van der Waals surface area contributed by atoms with E-state index in [9.17, 15) is 22.8 Å². The van der Waals surface area contributed by atoms with E-state index in [-0.39, 0.29) is 22.5 Å². The van der Waals surface area contributed by atoms with Gasteiger partial charge in [-0.2, -0.15) is 4.72 Å². The fraction of sp³-hybridized carbons (Fsp3) is 0.167. The maximum Gasteiger partial charge on any atom is 0.330 e. The second-order valence-corrected chi connectivity index (χ2v) is 9.67. The topological polar surface area (TPSA) is 132 Å². The van der Waals surface area contributed by atoms with Crippen LogP contribution >= 0.6 is 0 Å². The van der Waals surface area contributed by atoms with Gasteiger partial charge < -0.3 is 5.32 Å². The van der Waals surface area contributed by atoms with Crippen molar-refractivity contribution in [3.63, 3.8) is 0 Å². The molecule has 2 N–H and O–H groups in total. The number of sulfonamides is 1. The zero-order valence-corrected chi connectivity index (χ0v) is 19.8. The van der Waals surface area contributed by atoms with E-state index in [0.717, 1.165) is 10.1 Å². The second kappa shape index (κ2) is 9.65. The number of carbonyl (C=O) groups is 1. The standard InChI is InChI=1S/C24H23N5O5S/c1-28-20-12-11-17(15-18(20)23(31)29(2)24(28)32)35(33,34)27-19(14-16-8-4-3-5-9-16)22(30)26-21-10-6-7-13-25-21/h3-13,15,19,27H,14H2,1-2H3,(H,25,26,30)/t19-/m1/s1. The molecule has 1 amide bonds. The van der Waals surface area contributed by atoms with Crippen LogP contribution in [0.3, 0.4) is 0 Å². The number of fused-ring (bicyclic) bond motifs is 1. The van der Waals surface area contributed by atoms with Crippen molar-refractivity contribution in [3.8, 4) is 0 Å². The van der Waals surface area contributed by atoms with Gasteiger partial charge in [-0.05, 0) is 42.3 Å². The van der Waals surface area contributed by atoms with Crippen LogP contribution in [0.1, 0.15) is 5.56 Å². The van der Waals surface area contributed by atoms with Crippen LogP contribution in [-0.2, 0) is 35.3 Å². The molecule has 0 aliphatic heterocycles. The average Bonchev–Trinajstić information content (AvgIpc) is 2.86. The number of hydrogen-bond acceptors (Lipinski definition) is 6. The van der Waals surface area contributed by atoms with Gasteiger partial charge in [0.15, 0.2) is 0 Å². The molecule has 35 heavy (non-hydrogen) atoms. The van der Waals surface area contributed by atoms with E-state index < -0.39 is 33.2 Å². The van der Waals surface area contributed by atoms with Crippen LogP contribution in [-0.4, -0.2) is 34.5 Å². The van der Waals surface area contributed by atoms with E-state index in [4.69, 9.17) is 0 Å². The Balaban J connectivity index is 1.71. The van der Waals surface area contributed by atoms with Gasteiger partial charge in [0.25, 0.3) is 5.56 Å². The van der Waals surface area contributed by atoms with Gasteiger partial charge >= 0.3 is 5.69 Å². The Labute approximate surface area is 200 Å². The maximum atomic E-state index is 13.3.